The molecular weight excluding hydrogens is 330 g/mol. The minimum absolute atomic E-state index is 0.0944. The van der Waals surface area contributed by atoms with Crippen molar-refractivity contribution in [2.24, 2.45) is 5.73 Å². The highest BCUT2D eigenvalue weighted by atomic mass is 35.5. The third-order valence-electron chi connectivity index (χ3n) is 3.37. The number of amides is 1. The van der Waals surface area contributed by atoms with Crippen LogP contribution in [0.2, 0.25) is 4.34 Å². The first-order valence-electron chi connectivity index (χ1n) is 6.49. The van der Waals surface area contributed by atoms with Crippen molar-refractivity contribution in [3.8, 4) is 10.6 Å². The van der Waals surface area contributed by atoms with E-state index in [-0.39, 0.29) is 11.9 Å². The second-order valence-corrected chi connectivity index (χ2v) is 6.57. The van der Waals surface area contributed by atoms with Gasteiger partial charge in [-0.25, -0.2) is 8.78 Å². The first-order valence-corrected chi connectivity index (χ1v) is 7.68. The van der Waals surface area contributed by atoms with E-state index in [1.807, 2.05) is 0 Å². The summed E-state index contributed by atoms with van der Waals surface area (Å²) in [5.74, 6) is -1.81. The topological polar surface area (TPSA) is 58.9 Å². The van der Waals surface area contributed by atoms with Crippen molar-refractivity contribution in [1.29, 1.82) is 0 Å². The van der Waals surface area contributed by atoms with Gasteiger partial charge in [0.15, 0.2) is 0 Å². The Morgan fingerprint density at radius 1 is 1.32 bits per heavy atom. The van der Waals surface area contributed by atoms with E-state index in [1.54, 1.807) is 12.1 Å². The van der Waals surface area contributed by atoms with Crippen LogP contribution in [-0.4, -0.2) is 10.9 Å². The summed E-state index contributed by atoms with van der Waals surface area (Å²) in [7, 11) is 0. The molecule has 0 spiro atoms. The average Bonchev–Trinajstić information content (AvgIpc) is 3.00. The van der Waals surface area contributed by atoms with E-state index < -0.39 is 17.5 Å². The predicted molar refractivity (Wildman–Crippen MR) is 84.1 cm³/mol. The van der Waals surface area contributed by atoms with Gasteiger partial charge in [-0.05, 0) is 30.2 Å². The molecule has 1 aromatic carbocycles. The molecule has 0 aliphatic rings. The van der Waals surface area contributed by atoms with Crippen LogP contribution in [0.15, 0.2) is 24.3 Å². The number of aromatic nitrogens is 1. The molecule has 0 atom stereocenters. The van der Waals surface area contributed by atoms with Crippen molar-refractivity contribution < 1.29 is 13.6 Å². The van der Waals surface area contributed by atoms with Crippen molar-refractivity contribution in [3.63, 3.8) is 0 Å². The zero-order valence-corrected chi connectivity index (χ0v) is 12.8. The van der Waals surface area contributed by atoms with Crippen LogP contribution in [-0.2, 0) is 11.2 Å². The Labute approximate surface area is 133 Å². The highest BCUT2D eigenvalue weighted by Gasteiger charge is 2.18. The molecule has 0 radical (unpaired) electrons. The van der Waals surface area contributed by atoms with Gasteiger partial charge in [-0.15, -0.1) is 11.3 Å². The van der Waals surface area contributed by atoms with Crippen LogP contribution in [0.1, 0.15) is 12.0 Å². The second kappa shape index (κ2) is 5.70. The fourth-order valence-corrected chi connectivity index (χ4v) is 3.51. The maximum absolute atomic E-state index is 14.0. The van der Waals surface area contributed by atoms with Gasteiger partial charge >= 0.3 is 0 Å². The molecule has 0 bridgehead atoms. The summed E-state index contributed by atoms with van der Waals surface area (Å²) >= 11 is 7.26. The average molecular weight is 341 g/mol. The monoisotopic (exact) mass is 340 g/mol. The Balaban J connectivity index is 2.23. The molecule has 3 aromatic rings. The highest BCUT2D eigenvalue weighted by molar-refractivity contribution is 7.19. The lowest BCUT2D eigenvalue weighted by molar-refractivity contribution is -0.117. The number of fused-ring (bicyclic) bond motifs is 1. The van der Waals surface area contributed by atoms with Crippen LogP contribution in [0.25, 0.3) is 21.5 Å². The van der Waals surface area contributed by atoms with E-state index in [2.05, 4.69) is 4.98 Å². The Morgan fingerprint density at radius 2 is 2.09 bits per heavy atom. The Hall–Kier alpha value is -1.92. The molecule has 0 saturated carbocycles. The van der Waals surface area contributed by atoms with Gasteiger partial charge in [0.1, 0.15) is 11.6 Å². The van der Waals surface area contributed by atoms with Gasteiger partial charge < -0.3 is 10.7 Å². The maximum Gasteiger partial charge on any atom is 0.217 e. The van der Waals surface area contributed by atoms with Crippen molar-refractivity contribution in [2.75, 3.05) is 0 Å². The van der Waals surface area contributed by atoms with Gasteiger partial charge in [0.2, 0.25) is 5.91 Å². The summed E-state index contributed by atoms with van der Waals surface area (Å²) in [6.45, 7) is 0. The number of H-pyrrole nitrogens is 1. The summed E-state index contributed by atoms with van der Waals surface area (Å²) in [5.41, 5.74) is 6.69. The second-order valence-electron chi connectivity index (χ2n) is 4.86. The van der Waals surface area contributed by atoms with E-state index in [0.717, 1.165) is 10.9 Å². The molecule has 114 valence electrons. The lowest BCUT2D eigenvalue weighted by Crippen LogP contribution is -2.11. The molecular formula is C15H11ClF2N2OS. The molecule has 0 saturated heterocycles. The van der Waals surface area contributed by atoms with Crippen molar-refractivity contribution in [2.45, 2.75) is 12.8 Å². The third-order valence-corrected chi connectivity index (χ3v) is 4.62. The number of thiophene rings is 1. The van der Waals surface area contributed by atoms with Crippen molar-refractivity contribution in [3.05, 3.63) is 45.8 Å². The van der Waals surface area contributed by atoms with Crippen LogP contribution in [0, 0.1) is 11.6 Å². The normalized spacial score (nSPS) is 11.2. The zero-order chi connectivity index (χ0) is 15.9. The smallest absolute Gasteiger partial charge is 0.217 e. The first-order chi connectivity index (χ1) is 10.5. The molecule has 1 amide bonds. The van der Waals surface area contributed by atoms with Crippen LogP contribution in [0.4, 0.5) is 8.78 Å². The van der Waals surface area contributed by atoms with Crippen LogP contribution >= 0.6 is 22.9 Å². The lowest BCUT2D eigenvalue weighted by Gasteiger charge is -2.02. The van der Waals surface area contributed by atoms with E-state index >= 15 is 0 Å². The molecule has 3 nitrogen and oxygen atoms in total. The first kappa shape index (κ1) is 15.0. The van der Waals surface area contributed by atoms with Crippen LogP contribution < -0.4 is 5.73 Å². The molecule has 0 aliphatic carbocycles. The van der Waals surface area contributed by atoms with Crippen LogP contribution in [0.5, 0.6) is 0 Å². The van der Waals surface area contributed by atoms with Crippen LogP contribution in [0.3, 0.4) is 0 Å². The fraction of sp³-hybridized carbons (Fsp3) is 0.133. The summed E-state index contributed by atoms with van der Waals surface area (Å²) in [6.07, 6.45) is 0.389. The zero-order valence-electron chi connectivity index (χ0n) is 11.3. The van der Waals surface area contributed by atoms with Gasteiger partial charge in [-0.3, -0.25) is 4.79 Å². The van der Waals surface area contributed by atoms with E-state index in [1.165, 1.54) is 17.4 Å². The lowest BCUT2D eigenvalue weighted by atomic mass is 10.0. The van der Waals surface area contributed by atoms with E-state index in [0.29, 0.717) is 27.4 Å². The Morgan fingerprint density at radius 3 is 2.73 bits per heavy atom. The fourth-order valence-electron chi connectivity index (χ4n) is 2.44. The maximum atomic E-state index is 14.0. The SMILES string of the molecule is NC(=O)CCc1c(-c2ccc(Cl)s2)[nH]c2c(F)cc(F)cc12. The van der Waals surface area contributed by atoms with Gasteiger partial charge in [0.25, 0.3) is 0 Å². The van der Waals surface area contributed by atoms with Gasteiger partial charge in [-0.1, -0.05) is 11.6 Å². The quantitative estimate of drug-likeness (QED) is 0.733. The number of nitrogens with two attached hydrogens (primary N) is 1. The largest absolute Gasteiger partial charge is 0.370 e. The summed E-state index contributed by atoms with van der Waals surface area (Å²) < 4.78 is 28.1. The number of hydrogen-bond donors (Lipinski definition) is 2. The number of benzene rings is 1. The number of halogens is 3. The molecule has 0 aliphatic heterocycles. The third kappa shape index (κ3) is 2.71. The predicted octanol–water partition coefficient (Wildman–Crippen LogP) is 4.25. The summed E-state index contributed by atoms with van der Waals surface area (Å²) in [6, 6.07) is 5.59. The molecule has 3 N–H and O–H groups in total. The number of nitrogens with one attached hydrogen (secondary N) is 1. The molecule has 3 rings (SSSR count). The minimum Gasteiger partial charge on any atom is -0.370 e. The molecule has 2 heterocycles. The van der Waals surface area contributed by atoms with E-state index in [4.69, 9.17) is 17.3 Å². The minimum atomic E-state index is -0.677. The summed E-state index contributed by atoms with van der Waals surface area (Å²) in [5, 5.41) is 0.415. The number of rotatable bonds is 4. The van der Waals surface area contributed by atoms with E-state index in [9.17, 15) is 13.6 Å². The molecule has 2 aromatic heterocycles. The van der Waals surface area contributed by atoms with Gasteiger partial charge in [0, 0.05) is 17.9 Å². The number of carbonyl (C=O) groups excluding carboxylic acids is 1. The van der Waals surface area contributed by atoms with Crippen molar-refractivity contribution in [1.82, 2.24) is 4.98 Å². The Bertz CT molecular complexity index is 872. The summed E-state index contributed by atoms with van der Waals surface area (Å²) in [4.78, 5) is 14.8. The van der Waals surface area contributed by atoms with Crippen molar-refractivity contribution >= 4 is 39.7 Å². The molecule has 0 fully saturated rings. The van der Waals surface area contributed by atoms with Gasteiger partial charge in [-0.2, -0.15) is 0 Å². The number of carbonyl (C=O) groups is 1. The number of aromatic amines is 1. The highest BCUT2D eigenvalue weighted by Crippen LogP contribution is 2.37. The van der Waals surface area contributed by atoms with Gasteiger partial charge in [0.05, 0.1) is 20.4 Å². The number of aryl methyl sites for hydroxylation is 1. The number of hydrogen-bond acceptors (Lipinski definition) is 2. The molecule has 7 heteroatoms. The molecule has 0 unspecified atom stereocenters. The number of primary amides is 1. The Kier molecular flexibility index (Phi) is 3.88. The molecule has 22 heavy (non-hydrogen) atoms. The standard InChI is InChI=1S/C15H11ClF2N2OS/c16-12-3-2-11(22-12)15-8(1-4-13(19)21)9-5-7(17)6-10(18)14(9)20-15/h2-3,5-6,20H,1,4H2,(H2,19,21).